The summed E-state index contributed by atoms with van der Waals surface area (Å²) in [7, 11) is 0. The van der Waals surface area contributed by atoms with Gasteiger partial charge in [0.15, 0.2) is 0 Å². The van der Waals surface area contributed by atoms with Crippen LogP contribution in [0.5, 0.6) is 5.75 Å². The smallest absolute Gasteiger partial charge is 0.416 e. The van der Waals surface area contributed by atoms with Gasteiger partial charge in [-0.25, -0.2) is 4.39 Å². The van der Waals surface area contributed by atoms with Gasteiger partial charge in [-0.1, -0.05) is 12.1 Å². The van der Waals surface area contributed by atoms with Crippen molar-refractivity contribution >= 4 is 11.9 Å². The first-order valence-electron chi connectivity index (χ1n) is 8.34. The van der Waals surface area contributed by atoms with E-state index in [0.29, 0.717) is 18.0 Å². The molecule has 0 aliphatic heterocycles. The number of ether oxygens (including phenoxy) is 1. The molecule has 0 spiro atoms. The number of anilines is 1. The molecule has 3 aromatic rings. The molecule has 0 saturated carbocycles. The van der Waals surface area contributed by atoms with E-state index >= 15 is 0 Å². The van der Waals surface area contributed by atoms with Crippen molar-refractivity contribution in [1.29, 1.82) is 0 Å². The molecule has 0 unspecified atom stereocenters. The van der Waals surface area contributed by atoms with Gasteiger partial charge in [0.05, 0.1) is 17.5 Å². The molecule has 0 bridgehead atoms. The van der Waals surface area contributed by atoms with Crippen LogP contribution in [0, 0.1) is 5.82 Å². The van der Waals surface area contributed by atoms with E-state index in [9.17, 15) is 17.6 Å². The van der Waals surface area contributed by atoms with Gasteiger partial charge in [0.1, 0.15) is 18.2 Å². The number of rotatable bonds is 6. The van der Waals surface area contributed by atoms with E-state index in [1.54, 1.807) is 42.6 Å². The topological polar surface area (TPSA) is 33.6 Å². The van der Waals surface area contributed by atoms with Crippen LogP contribution in [-0.2, 0) is 12.8 Å². The Morgan fingerprint density at radius 2 is 1.50 bits per heavy atom. The third-order valence-corrected chi connectivity index (χ3v) is 3.82. The Morgan fingerprint density at radius 3 is 2.11 bits per heavy atom. The Bertz CT molecular complexity index is 919. The van der Waals surface area contributed by atoms with Gasteiger partial charge in [0.2, 0.25) is 0 Å². The molecular formula is C21H16F4N2O. The Balaban J connectivity index is 1.51. The molecule has 0 aliphatic carbocycles. The van der Waals surface area contributed by atoms with Crippen molar-refractivity contribution in [2.45, 2.75) is 12.8 Å². The number of halogens is 4. The molecule has 7 heteroatoms. The summed E-state index contributed by atoms with van der Waals surface area (Å²) in [6, 6.07) is 17.8. The van der Waals surface area contributed by atoms with E-state index in [4.69, 9.17) is 4.74 Å². The van der Waals surface area contributed by atoms with E-state index in [1.807, 2.05) is 0 Å². The molecule has 3 rings (SSSR count). The Morgan fingerprint density at radius 1 is 0.857 bits per heavy atom. The molecule has 0 amide bonds. The summed E-state index contributed by atoms with van der Waals surface area (Å²) in [5, 5.41) is 4.00. The number of hydrazone groups is 1. The van der Waals surface area contributed by atoms with E-state index < -0.39 is 11.7 Å². The van der Waals surface area contributed by atoms with Crippen LogP contribution in [0.15, 0.2) is 77.9 Å². The highest BCUT2D eigenvalue weighted by atomic mass is 19.4. The van der Waals surface area contributed by atoms with Crippen LogP contribution in [0.4, 0.5) is 23.2 Å². The van der Waals surface area contributed by atoms with Crippen LogP contribution < -0.4 is 10.2 Å². The Hall–Kier alpha value is -3.35. The molecule has 0 atom stereocenters. The first-order valence-corrected chi connectivity index (χ1v) is 8.34. The minimum absolute atomic E-state index is 0.294. The van der Waals surface area contributed by atoms with Crippen molar-refractivity contribution in [3.05, 3.63) is 95.3 Å². The van der Waals surface area contributed by atoms with Gasteiger partial charge in [-0.05, 0) is 71.8 Å². The quantitative estimate of drug-likeness (QED) is 0.326. The molecule has 0 aliphatic rings. The number of nitrogens with zero attached hydrogens (tertiary/aromatic N) is 1. The summed E-state index contributed by atoms with van der Waals surface area (Å²) in [4.78, 5) is 0. The predicted octanol–water partition coefficient (Wildman–Crippen LogP) is 5.87. The highest BCUT2D eigenvalue weighted by Crippen LogP contribution is 2.29. The van der Waals surface area contributed by atoms with Gasteiger partial charge >= 0.3 is 6.18 Å². The molecule has 0 radical (unpaired) electrons. The monoisotopic (exact) mass is 388 g/mol. The third kappa shape index (κ3) is 5.57. The largest absolute Gasteiger partial charge is 0.489 e. The normalized spacial score (nSPS) is 11.6. The number of hydrogen-bond acceptors (Lipinski definition) is 3. The fraction of sp³-hybridized carbons (Fsp3) is 0.0952. The van der Waals surface area contributed by atoms with E-state index in [2.05, 4.69) is 10.5 Å². The first kappa shape index (κ1) is 19.4. The van der Waals surface area contributed by atoms with Crippen molar-refractivity contribution in [1.82, 2.24) is 0 Å². The zero-order valence-corrected chi connectivity index (χ0v) is 14.6. The van der Waals surface area contributed by atoms with Crippen LogP contribution in [0.25, 0.3) is 0 Å². The molecule has 0 aromatic heterocycles. The maximum absolute atomic E-state index is 12.9. The van der Waals surface area contributed by atoms with Crippen LogP contribution >= 0.6 is 0 Å². The molecule has 1 N–H and O–H groups in total. The van der Waals surface area contributed by atoms with Gasteiger partial charge in [0, 0.05) is 0 Å². The lowest BCUT2D eigenvalue weighted by atomic mass is 10.2. The van der Waals surface area contributed by atoms with Crippen molar-refractivity contribution < 1.29 is 22.3 Å². The molecule has 0 heterocycles. The minimum atomic E-state index is -4.36. The molecule has 144 valence electrons. The maximum Gasteiger partial charge on any atom is 0.416 e. The van der Waals surface area contributed by atoms with Crippen LogP contribution in [-0.4, -0.2) is 6.21 Å². The van der Waals surface area contributed by atoms with Gasteiger partial charge in [-0.2, -0.15) is 18.3 Å². The second-order valence-corrected chi connectivity index (χ2v) is 5.93. The van der Waals surface area contributed by atoms with Gasteiger partial charge in [0.25, 0.3) is 0 Å². The number of nitrogens with one attached hydrogen (secondary N) is 1. The van der Waals surface area contributed by atoms with Crippen molar-refractivity contribution in [2.75, 3.05) is 5.43 Å². The van der Waals surface area contributed by atoms with E-state index in [1.165, 1.54) is 24.3 Å². The molecule has 0 saturated heterocycles. The number of hydrogen-bond donors (Lipinski definition) is 1. The minimum Gasteiger partial charge on any atom is -0.489 e. The van der Waals surface area contributed by atoms with Gasteiger partial charge < -0.3 is 4.74 Å². The molecule has 3 aromatic carbocycles. The summed E-state index contributed by atoms with van der Waals surface area (Å²) < 4.78 is 56.0. The standard InChI is InChI=1S/C21H16F4N2O/c22-18-7-1-16(2-8-18)14-28-20-11-3-15(4-12-20)13-26-27-19-9-5-17(6-10-19)21(23,24)25/h1-13,27H,14H2. The van der Waals surface area contributed by atoms with Crippen molar-refractivity contribution in [3.63, 3.8) is 0 Å². The Kier molecular flexibility index (Phi) is 5.93. The van der Waals surface area contributed by atoms with Crippen LogP contribution in [0.1, 0.15) is 16.7 Å². The van der Waals surface area contributed by atoms with Crippen LogP contribution in [0.3, 0.4) is 0 Å². The lowest BCUT2D eigenvalue weighted by Gasteiger charge is -2.07. The van der Waals surface area contributed by atoms with Gasteiger partial charge in [-0.15, -0.1) is 0 Å². The maximum atomic E-state index is 12.9. The zero-order valence-electron chi connectivity index (χ0n) is 14.6. The summed E-state index contributed by atoms with van der Waals surface area (Å²) in [6.07, 6.45) is -2.82. The lowest BCUT2D eigenvalue weighted by Crippen LogP contribution is -2.04. The zero-order chi connectivity index (χ0) is 20.0. The SMILES string of the molecule is Fc1ccc(COc2ccc(C=NNc3ccc(C(F)(F)F)cc3)cc2)cc1. The van der Waals surface area contributed by atoms with Gasteiger partial charge in [-0.3, -0.25) is 5.43 Å². The highest BCUT2D eigenvalue weighted by Gasteiger charge is 2.29. The molecule has 0 fully saturated rings. The Labute approximate surface area is 159 Å². The number of alkyl halides is 3. The van der Waals surface area contributed by atoms with E-state index in [-0.39, 0.29) is 5.82 Å². The second kappa shape index (κ2) is 8.56. The molecule has 28 heavy (non-hydrogen) atoms. The predicted molar refractivity (Wildman–Crippen MR) is 99.8 cm³/mol. The van der Waals surface area contributed by atoms with Crippen molar-refractivity contribution in [2.24, 2.45) is 5.10 Å². The molecular weight excluding hydrogens is 372 g/mol. The average Bonchev–Trinajstić information content (AvgIpc) is 2.68. The second-order valence-electron chi connectivity index (χ2n) is 5.93. The third-order valence-electron chi connectivity index (χ3n) is 3.82. The first-order chi connectivity index (χ1) is 13.4. The highest BCUT2D eigenvalue weighted by molar-refractivity contribution is 5.80. The molecule has 3 nitrogen and oxygen atoms in total. The van der Waals surface area contributed by atoms with E-state index in [0.717, 1.165) is 23.3 Å². The summed E-state index contributed by atoms with van der Waals surface area (Å²) in [5.74, 6) is 0.356. The van der Waals surface area contributed by atoms with Crippen LogP contribution in [0.2, 0.25) is 0 Å². The average molecular weight is 388 g/mol. The fourth-order valence-corrected chi connectivity index (χ4v) is 2.31. The summed E-state index contributed by atoms with van der Waals surface area (Å²) >= 11 is 0. The van der Waals surface area contributed by atoms with Crippen molar-refractivity contribution in [3.8, 4) is 5.75 Å². The lowest BCUT2D eigenvalue weighted by molar-refractivity contribution is -0.137. The summed E-state index contributed by atoms with van der Waals surface area (Å²) in [6.45, 7) is 0.323. The summed E-state index contributed by atoms with van der Waals surface area (Å²) in [5.41, 5.74) is 4.06. The number of benzene rings is 3. The fourth-order valence-electron chi connectivity index (χ4n) is 2.31.